The van der Waals surface area contributed by atoms with Gasteiger partial charge in [0.05, 0.1) is 18.3 Å². The molecule has 0 fully saturated rings. The SMILES string of the molecule is CN=C(NCc1ncc(-c2ccc(C)cc2)o1)NCC(C)(C)OC. The highest BCUT2D eigenvalue weighted by atomic mass is 16.5. The molecular weight excluding hydrogens is 304 g/mol. The van der Waals surface area contributed by atoms with Crippen LogP contribution in [-0.2, 0) is 11.3 Å². The van der Waals surface area contributed by atoms with Gasteiger partial charge in [0, 0.05) is 26.3 Å². The second-order valence-electron chi connectivity index (χ2n) is 6.23. The summed E-state index contributed by atoms with van der Waals surface area (Å²) < 4.78 is 11.2. The minimum atomic E-state index is -0.265. The molecule has 0 aliphatic carbocycles. The van der Waals surface area contributed by atoms with Crippen molar-refractivity contribution in [3.8, 4) is 11.3 Å². The van der Waals surface area contributed by atoms with E-state index >= 15 is 0 Å². The molecule has 0 unspecified atom stereocenters. The topological polar surface area (TPSA) is 71.7 Å². The highest BCUT2D eigenvalue weighted by molar-refractivity contribution is 5.79. The van der Waals surface area contributed by atoms with Gasteiger partial charge in [-0.25, -0.2) is 4.98 Å². The summed E-state index contributed by atoms with van der Waals surface area (Å²) in [5, 5.41) is 6.40. The van der Waals surface area contributed by atoms with Crippen molar-refractivity contribution in [2.75, 3.05) is 20.7 Å². The summed E-state index contributed by atoms with van der Waals surface area (Å²) in [7, 11) is 3.42. The van der Waals surface area contributed by atoms with Crippen LogP contribution in [0.1, 0.15) is 25.3 Å². The lowest BCUT2D eigenvalue weighted by atomic mass is 10.1. The molecule has 1 aromatic carbocycles. The Labute approximate surface area is 143 Å². The molecule has 0 spiro atoms. The van der Waals surface area contributed by atoms with Crippen molar-refractivity contribution in [1.29, 1.82) is 0 Å². The molecule has 0 aliphatic heterocycles. The van der Waals surface area contributed by atoms with Gasteiger partial charge in [-0.2, -0.15) is 0 Å². The Morgan fingerprint density at radius 3 is 2.58 bits per heavy atom. The Bertz CT molecular complexity index is 675. The molecule has 2 N–H and O–H groups in total. The summed E-state index contributed by atoms with van der Waals surface area (Å²) in [5.41, 5.74) is 1.97. The fraction of sp³-hybridized carbons (Fsp3) is 0.444. The quantitative estimate of drug-likeness (QED) is 0.629. The molecule has 2 rings (SSSR count). The van der Waals surface area contributed by atoms with E-state index in [1.54, 1.807) is 20.4 Å². The van der Waals surface area contributed by atoms with Crippen LogP contribution in [0.2, 0.25) is 0 Å². The Morgan fingerprint density at radius 2 is 1.96 bits per heavy atom. The average molecular weight is 330 g/mol. The monoisotopic (exact) mass is 330 g/mol. The first-order chi connectivity index (χ1) is 11.4. The molecule has 0 bridgehead atoms. The molecule has 130 valence electrons. The van der Waals surface area contributed by atoms with Crippen LogP contribution < -0.4 is 10.6 Å². The van der Waals surface area contributed by atoms with Crippen molar-refractivity contribution >= 4 is 5.96 Å². The molecule has 1 heterocycles. The van der Waals surface area contributed by atoms with Gasteiger partial charge in [-0.15, -0.1) is 0 Å². The number of aromatic nitrogens is 1. The van der Waals surface area contributed by atoms with E-state index in [1.807, 2.05) is 26.0 Å². The van der Waals surface area contributed by atoms with Crippen molar-refractivity contribution in [3.05, 3.63) is 41.9 Å². The van der Waals surface area contributed by atoms with Crippen LogP contribution in [0.15, 0.2) is 39.9 Å². The summed E-state index contributed by atoms with van der Waals surface area (Å²) in [6, 6.07) is 8.17. The summed E-state index contributed by atoms with van der Waals surface area (Å²) in [4.78, 5) is 8.49. The number of benzene rings is 1. The van der Waals surface area contributed by atoms with E-state index in [0.717, 1.165) is 11.3 Å². The van der Waals surface area contributed by atoms with Crippen molar-refractivity contribution in [3.63, 3.8) is 0 Å². The third-order valence-electron chi connectivity index (χ3n) is 3.75. The van der Waals surface area contributed by atoms with Gasteiger partial charge in [0.1, 0.15) is 0 Å². The Morgan fingerprint density at radius 1 is 1.25 bits per heavy atom. The van der Waals surface area contributed by atoms with Crippen LogP contribution in [0, 0.1) is 6.92 Å². The van der Waals surface area contributed by atoms with E-state index in [9.17, 15) is 0 Å². The number of hydrogen-bond donors (Lipinski definition) is 2. The molecule has 2 aromatic rings. The third kappa shape index (κ3) is 5.09. The second-order valence-corrected chi connectivity index (χ2v) is 6.23. The minimum absolute atomic E-state index is 0.265. The Kier molecular flexibility index (Phi) is 5.98. The van der Waals surface area contributed by atoms with Crippen molar-refractivity contribution in [2.45, 2.75) is 32.9 Å². The maximum Gasteiger partial charge on any atom is 0.214 e. The second kappa shape index (κ2) is 7.97. The molecule has 6 nitrogen and oxygen atoms in total. The standard InChI is InChI=1S/C18H26N4O2/c1-13-6-8-14(9-7-13)15-10-20-16(24-15)11-21-17(19-4)22-12-18(2,3)23-5/h6-10H,11-12H2,1-5H3,(H2,19,21,22). The van der Waals surface area contributed by atoms with Gasteiger partial charge in [0.2, 0.25) is 5.89 Å². The lowest BCUT2D eigenvalue weighted by molar-refractivity contribution is 0.0268. The largest absolute Gasteiger partial charge is 0.439 e. The number of aryl methyl sites for hydroxylation is 1. The fourth-order valence-corrected chi connectivity index (χ4v) is 1.99. The molecule has 6 heteroatoms. The molecule has 0 atom stereocenters. The number of methoxy groups -OCH3 is 1. The number of nitrogens with zero attached hydrogens (tertiary/aromatic N) is 2. The number of nitrogens with one attached hydrogen (secondary N) is 2. The summed E-state index contributed by atoms with van der Waals surface area (Å²) >= 11 is 0. The third-order valence-corrected chi connectivity index (χ3v) is 3.75. The molecule has 0 saturated carbocycles. The lowest BCUT2D eigenvalue weighted by Gasteiger charge is -2.24. The number of oxazole rings is 1. The molecule has 0 saturated heterocycles. The maximum atomic E-state index is 5.79. The van der Waals surface area contributed by atoms with Crippen LogP contribution >= 0.6 is 0 Å². The van der Waals surface area contributed by atoms with Crippen LogP contribution in [0.3, 0.4) is 0 Å². The predicted molar refractivity (Wildman–Crippen MR) is 96.0 cm³/mol. The maximum absolute atomic E-state index is 5.79. The van der Waals surface area contributed by atoms with Gasteiger partial charge in [-0.05, 0) is 20.8 Å². The zero-order valence-electron chi connectivity index (χ0n) is 15.0. The number of ether oxygens (including phenoxy) is 1. The molecule has 1 aromatic heterocycles. The van der Waals surface area contributed by atoms with E-state index in [1.165, 1.54) is 5.56 Å². The average Bonchev–Trinajstić information content (AvgIpc) is 3.04. The normalized spacial score (nSPS) is 12.3. The van der Waals surface area contributed by atoms with E-state index < -0.39 is 0 Å². The molecule has 0 amide bonds. The highest BCUT2D eigenvalue weighted by Crippen LogP contribution is 2.20. The zero-order valence-corrected chi connectivity index (χ0v) is 15.0. The number of aliphatic imine (C=N–C) groups is 1. The van der Waals surface area contributed by atoms with Crippen LogP contribution in [0.25, 0.3) is 11.3 Å². The summed E-state index contributed by atoms with van der Waals surface area (Å²) in [6.45, 7) is 7.18. The van der Waals surface area contributed by atoms with Gasteiger partial charge in [0.15, 0.2) is 11.7 Å². The van der Waals surface area contributed by atoms with Crippen LogP contribution in [-0.4, -0.2) is 37.2 Å². The van der Waals surface area contributed by atoms with Crippen molar-refractivity contribution in [2.24, 2.45) is 4.99 Å². The summed E-state index contributed by atoms with van der Waals surface area (Å²) in [5.74, 6) is 2.05. The molecule has 0 aliphatic rings. The van der Waals surface area contributed by atoms with E-state index in [4.69, 9.17) is 9.15 Å². The summed E-state index contributed by atoms with van der Waals surface area (Å²) in [6.07, 6.45) is 1.74. The molecule has 24 heavy (non-hydrogen) atoms. The number of guanidine groups is 1. The van der Waals surface area contributed by atoms with E-state index in [2.05, 4.69) is 39.7 Å². The van der Waals surface area contributed by atoms with E-state index in [-0.39, 0.29) is 5.60 Å². The van der Waals surface area contributed by atoms with Gasteiger partial charge >= 0.3 is 0 Å². The Balaban J connectivity index is 1.91. The van der Waals surface area contributed by atoms with Crippen LogP contribution in [0.5, 0.6) is 0 Å². The predicted octanol–water partition coefficient (Wildman–Crippen LogP) is 2.74. The number of hydrogen-bond acceptors (Lipinski definition) is 4. The first-order valence-corrected chi connectivity index (χ1v) is 7.95. The number of rotatable bonds is 6. The molecular formula is C18H26N4O2. The smallest absolute Gasteiger partial charge is 0.214 e. The Hall–Kier alpha value is -2.34. The van der Waals surface area contributed by atoms with E-state index in [0.29, 0.717) is 24.9 Å². The van der Waals surface area contributed by atoms with Gasteiger partial charge < -0.3 is 19.8 Å². The van der Waals surface area contributed by atoms with Crippen LogP contribution in [0.4, 0.5) is 0 Å². The van der Waals surface area contributed by atoms with Gasteiger partial charge in [0.25, 0.3) is 0 Å². The molecule has 0 radical (unpaired) electrons. The highest BCUT2D eigenvalue weighted by Gasteiger charge is 2.16. The lowest BCUT2D eigenvalue weighted by Crippen LogP contribution is -2.45. The van der Waals surface area contributed by atoms with Crippen molar-refractivity contribution in [1.82, 2.24) is 15.6 Å². The fourth-order valence-electron chi connectivity index (χ4n) is 1.99. The van der Waals surface area contributed by atoms with Gasteiger partial charge in [-0.3, -0.25) is 4.99 Å². The zero-order chi connectivity index (χ0) is 17.6. The minimum Gasteiger partial charge on any atom is -0.439 e. The first-order valence-electron chi connectivity index (χ1n) is 7.95. The van der Waals surface area contributed by atoms with Crippen molar-refractivity contribution < 1.29 is 9.15 Å². The first kappa shape index (κ1) is 18.0. The van der Waals surface area contributed by atoms with Gasteiger partial charge in [-0.1, -0.05) is 29.8 Å².